The lowest BCUT2D eigenvalue weighted by molar-refractivity contribution is -0.144. The van der Waals surface area contributed by atoms with Gasteiger partial charge in [-0.05, 0) is 101 Å². The summed E-state index contributed by atoms with van der Waals surface area (Å²) in [5.74, 6) is -7.75. The van der Waals surface area contributed by atoms with Gasteiger partial charge < -0.3 is 41.7 Å². The van der Waals surface area contributed by atoms with E-state index in [2.05, 4.69) is 42.8 Å². The highest BCUT2D eigenvalue weighted by atomic mass is 16.2. The van der Waals surface area contributed by atoms with Gasteiger partial charge >= 0.3 is 0 Å². The second kappa shape index (κ2) is 23.3. The monoisotopic (exact) mass is 1090 g/mol. The maximum absolute atomic E-state index is 14.8. The van der Waals surface area contributed by atoms with Crippen molar-refractivity contribution >= 4 is 65.0 Å². The third kappa shape index (κ3) is 12.2. The van der Waals surface area contributed by atoms with Crippen molar-refractivity contribution in [2.75, 3.05) is 27.2 Å². The predicted molar refractivity (Wildman–Crippen MR) is 288 cm³/mol. The molecule has 2 fully saturated rings. The summed E-state index contributed by atoms with van der Waals surface area (Å²) in [6.07, 6.45) is 1.53. The summed E-state index contributed by atoms with van der Waals surface area (Å²) < 4.78 is 0. The number of imide groups is 2. The average Bonchev–Trinajstić information content (AvgIpc) is 4.29. The van der Waals surface area contributed by atoms with Crippen LogP contribution in [0.15, 0.2) is 84.6 Å². The van der Waals surface area contributed by atoms with Crippen LogP contribution in [0.4, 0.5) is 0 Å². The Morgan fingerprint density at radius 1 is 0.544 bits per heavy atom. The van der Waals surface area contributed by atoms with Gasteiger partial charge in [0.1, 0.15) is 24.2 Å². The third-order valence-electron chi connectivity index (χ3n) is 14.7. The molecular weight excluding hydrogens is 1020 g/mol. The van der Waals surface area contributed by atoms with Gasteiger partial charge in [-0.2, -0.15) is 10.0 Å². The van der Waals surface area contributed by atoms with Crippen LogP contribution in [0.2, 0.25) is 0 Å². The van der Waals surface area contributed by atoms with Gasteiger partial charge in [0.15, 0.2) is 0 Å². The second-order valence-corrected chi connectivity index (χ2v) is 22.4. The van der Waals surface area contributed by atoms with Crippen molar-refractivity contribution in [3.63, 3.8) is 0 Å². The summed E-state index contributed by atoms with van der Waals surface area (Å²) in [7, 11) is 3.36. The van der Waals surface area contributed by atoms with Crippen LogP contribution in [0.5, 0.6) is 0 Å². The van der Waals surface area contributed by atoms with Crippen LogP contribution in [0.25, 0.3) is 0 Å². The molecule has 420 valence electrons. The lowest BCUT2D eigenvalue weighted by atomic mass is 9.85. The summed E-state index contributed by atoms with van der Waals surface area (Å²) in [5.41, 5.74) is 4.33. The SMILES string of the molecule is CC=C(NC(C(=O)N1C[C@@H](NC(=O)c2cccc(C(=O)N[C@H]3CC(C(=O)NN4C(=O)c5ccccc5C4=O)N(C(=O)[C@@H](NC(=O)[C@H](C)NC)C(C)(C)C)C3)c2)CC1C(=O)NN1C(=O)c2ccccc2C1=O)C(C)(C)C)[C@H](C)NC. The van der Waals surface area contributed by atoms with Gasteiger partial charge in [-0.15, -0.1) is 0 Å². The minimum atomic E-state index is -1.35. The molecule has 2 saturated heterocycles. The van der Waals surface area contributed by atoms with Gasteiger partial charge in [0.2, 0.25) is 17.7 Å². The van der Waals surface area contributed by atoms with E-state index in [9.17, 15) is 52.7 Å². The molecule has 79 heavy (non-hydrogen) atoms. The number of benzene rings is 3. The molecule has 7 rings (SSSR count). The number of fused-ring (bicyclic) bond motifs is 2. The van der Waals surface area contributed by atoms with Gasteiger partial charge in [-0.25, -0.2) is 0 Å². The van der Waals surface area contributed by atoms with Gasteiger partial charge in [0.25, 0.3) is 47.3 Å². The maximum atomic E-state index is 14.8. The van der Waals surface area contributed by atoms with Gasteiger partial charge in [0, 0.05) is 48.0 Å². The molecule has 0 radical (unpaired) electrons. The molecule has 4 aliphatic heterocycles. The Hall–Kier alpha value is -8.31. The zero-order valence-corrected chi connectivity index (χ0v) is 46.2. The molecular formula is C56H70N12O11. The number of carbonyl (C=O) groups excluding carboxylic acids is 11. The van der Waals surface area contributed by atoms with Crippen LogP contribution in [0.1, 0.15) is 137 Å². The van der Waals surface area contributed by atoms with E-state index in [1.54, 1.807) is 66.1 Å². The van der Waals surface area contributed by atoms with E-state index >= 15 is 0 Å². The van der Waals surface area contributed by atoms with Crippen LogP contribution in [0.3, 0.4) is 0 Å². The standard InChI is InChI=1S/C56H70N12O11/c1-12-39(29(2)57-10)61-42(55(4,5)6)53(78)65-27-33(25-40(65)47(72)63-67-49(74)35-20-13-14-21-36(35)50(67)75)59-45(70)31-18-17-19-32(24-31)46(71)60-34-26-41(48(73)64-68-51(76)37-22-15-16-23-38(37)52(68)77)66(28-34)54(79)43(56(7,8)9)62-44(69)30(3)58-11/h12-24,29-30,33-34,40-43,57-58,61H,25-28H2,1-11H3,(H,59,70)(H,60,71)(H,62,69)(H,63,72)(H,64,73)/t29-,30-,33-,34-,40?,41?,42?,43+/m0/s1. The highest BCUT2D eigenvalue weighted by Gasteiger charge is 2.49. The number of hydrogen-bond donors (Lipinski definition) is 8. The summed E-state index contributed by atoms with van der Waals surface area (Å²) in [6.45, 7) is 15.8. The Kier molecular flexibility index (Phi) is 17.2. The Labute approximate surface area is 458 Å². The number of likely N-dealkylation sites (N-methyl/N-ethyl adjacent to an activating group) is 2. The second-order valence-electron chi connectivity index (χ2n) is 22.4. The molecule has 8 N–H and O–H groups in total. The molecule has 23 nitrogen and oxygen atoms in total. The molecule has 23 heteroatoms. The number of nitrogens with zero attached hydrogens (tertiary/aromatic N) is 4. The van der Waals surface area contributed by atoms with Crippen molar-refractivity contribution in [1.29, 1.82) is 0 Å². The first-order valence-corrected chi connectivity index (χ1v) is 26.2. The first-order valence-electron chi connectivity index (χ1n) is 26.2. The van der Waals surface area contributed by atoms with Crippen molar-refractivity contribution in [3.05, 3.63) is 118 Å². The molecule has 3 aromatic carbocycles. The Morgan fingerprint density at radius 3 is 1.25 bits per heavy atom. The molecule has 0 aliphatic carbocycles. The zero-order valence-electron chi connectivity index (χ0n) is 46.2. The lowest BCUT2D eigenvalue weighted by Gasteiger charge is -2.37. The Morgan fingerprint density at radius 2 is 0.911 bits per heavy atom. The fourth-order valence-corrected chi connectivity index (χ4v) is 9.96. The highest BCUT2D eigenvalue weighted by Crippen LogP contribution is 2.31. The van der Waals surface area contributed by atoms with E-state index in [4.69, 9.17) is 0 Å². The number of nitrogens with one attached hydrogen (secondary N) is 8. The molecule has 0 saturated carbocycles. The van der Waals surface area contributed by atoms with E-state index in [0.29, 0.717) is 15.7 Å². The van der Waals surface area contributed by atoms with E-state index in [-0.39, 0.29) is 65.4 Å². The minimum absolute atomic E-state index is 0.0152. The van der Waals surface area contributed by atoms with Crippen LogP contribution in [-0.2, 0) is 24.0 Å². The topological polar surface area (TPSA) is 297 Å². The smallest absolute Gasteiger partial charge is 0.280 e. The molecule has 3 aromatic rings. The fraction of sp³-hybridized carbons (Fsp3) is 0.446. The molecule has 0 bridgehead atoms. The zero-order chi connectivity index (χ0) is 58.0. The van der Waals surface area contributed by atoms with Crippen LogP contribution >= 0.6 is 0 Å². The molecule has 8 atom stereocenters. The normalized spacial score (nSPS) is 20.7. The maximum Gasteiger partial charge on any atom is 0.280 e. The van der Waals surface area contributed by atoms with Gasteiger partial charge in [-0.3, -0.25) is 63.6 Å². The van der Waals surface area contributed by atoms with Crippen molar-refractivity contribution in [1.82, 2.24) is 62.6 Å². The highest BCUT2D eigenvalue weighted by molar-refractivity contribution is 6.22. The summed E-state index contributed by atoms with van der Waals surface area (Å²) in [4.78, 5) is 155. The van der Waals surface area contributed by atoms with Gasteiger partial charge in [-0.1, -0.05) is 78.0 Å². The van der Waals surface area contributed by atoms with E-state index in [1.807, 2.05) is 40.7 Å². The van der Waals surface area contributed by atoms with Gasteiger partial charge in [0.05, 0.1) is 28.3 Å². The van der Waals surface area contributed by atoms with Crippen molar-refractivity contribution in [2.24, 2.45) is 10.8 Å². The van der Waals surface area contributed by atoms with Crippen LogP contribution < -0.4 is 42.8 Å². The minimum Gasteiger partial charge on any atom is -0.376 e. The predicted octanol–water partition coefficient (Wildman–Crippen LogP) is 1.39. The van der Waals surface area contributed by atoms with E-state index < -0.39 is 118 Å². The van der Waals surface area contributed by atoms with Crippen molar-refractivity contribution in [2.45, 2.75) is 123 Å². The molecule has 4 heterocycles. The van der Waals surface area contributed by atoms with Crippen LogP contribution in [0, 0.1) is 10.8 Å². The number of hydrogen-bond acceptors (Lipinski definition) is 14. The molecule has 0 aromatic heterocycles. The molecule has 3 unspecified atom stereocenters. The summed E-state index contributed by atoms with van der Waals surface area (Å²) in [6, 6.07) is 10.6. The number of rotatable bonds is 17. The molecule has 0 spiro atoms. The number of allylic oxidation sites excluding steroid dienone is 1. The van der Waals surface area contributed by atoms with Crippen molar-refractivity contribution < 1.29 is 52.7 Å². The number of carbonyl (C=O) groups is 11. The Balaban J connectivity index is 1.10. The quantitative estimate of drug-likeness (QED) is 0.0888. The first-order chi connectivity index (χ1) is 37.2. The number of likely N-dealkylation sites (tertiary alicyclic amines) is 2. The molecule has 4 aliphatic rings. The average molecular weight is 1090 g/mol. The van der Waals surface area contributed by atoms with Crippen LogP contribution in [-0.4, -0.2) is 160 Å². The molecule has 11 amide bonds. The van der Waals surface area contributed by atoms with E-state index in [1.165, 1.54) is 58.3 Å². The summed E-state index contributed by atoms with van der Waals surface area (Å²) >= 11 is 0. The van der Waals surface area contributed by atoms with Crippen molar-refractivity contribution in [3.8, 4) is 0 Å². The fourth-order valence-electron chi connectivity index (χ4n) is 9.96. The third-order valence-corrected chi connectivity index (χ3v) is 14.7. The number of amides is 11. The summed E-state index contributed by atoms with van der Waals surface area (Å²) in [5, 5.41) is 19.1. The Bertz CT molecular complexity index is 2950. The van der Waals surface area contributed by atoms with E-state index in [0.717, 1.165) is 0 Å². The largest absolute Gasteiger partial charge is 0.376 e. The first kappa shape index (κ1) is 58.4. The number of hydrazine groups is 2. The lowest BCUT2D eigenvalue weighted by Crippen LogP contribution is -2.60.